The first kappa shape index (κ1) is 12.5. The summed E-state index contributed by atoms with van der Waals surface area (Å²) in [5, 5.41) is 18.0. The molecule has 18 heavy (non-hydrogen) atoms. The maximum atomic E-state index is 11.1. The van der Waals surface area contributed by atoms with Gasteiger partial charge in [0.25, 0.3) is 0 Å². The lowest BCUT2D eigenvalue weighted by Gasteiger charge is -2.13. The van der Waals surface area contributed by atoms with Gasteiger partial charge < -0.3 is 10.2 Å². The van der Waals surface area contributed by atoms with Gasteiger partial charge in [-0.3, -0.25) is 0 Å². The first-order valence-corrected chi connectivity index (χ1v) is 5.78. The number of phenols is 1. The largest absolute Gasteiger partial charge is 0.508 e. The predicted octanol–water partition coefficient (Wildman–Crippen LogP) is 3.42. The molecule has 3 nitrogen and oxygen atoms in total. The van der Waals surface area contributed by atoms with E-state index >= 15 is 0 Å². The van der Waals surface area contributed by atoms with Gasteiger partial charge in [-0.2, -0.15) is 0 Å². The molecule has 0 aliphatic heterocycles. The van der Waals surface area contributed by atoms with E-state index in [-0.39, 0.29) is 11.3 Å². The van der Waals surface area contributed by atoms with E-state index < -0.39 is 11.3 Å². The third kappa shape index (κ3) is 2.46. The van der Waals surface area contributed by atoms with Crippen LogP contribution >= 0.6 is 11.6 Å². The van der Waals surface area contributed by atoms with Crippen molar-refractivity contribution >= 4 is 17.6 Å². The van der Waals surface area contributed by atoms with Crippen LogP contribution in [0.2, 0.25) is 0 Å². The first-order valence-electron chi connectivity index (χ1n) is 5.35. The van der Waals surface area contributed by atoms with E-state index in [2.05, 4.69) is 0 Å². The minimum Gasteiger partial charge on any atom is -0.508 e. The van der Waals surface area contributed by atoms with Gasteiger partial charge in [-0.05, 0) is 29.3 Å². The fraction of sp³-hybridized carbons (Fsp3) is 0.0714. The van der Waals surface area contributed by atoms with Crippen LogP contribution in [0.25, 0.3) is 0 Å². The van der Waals surface area contributed by atoms with Crippen molar-refractivity contribution in [1.29, 1.82) is 0 Å². The van der Waals surface area contributed by atoms with Crippen molar-refractivity contribution in [3.05, 3.63) is 65.2 Å². The maximum Gasteiger partial charge on any atom is 0.336 e. The lowest BCUT2D eigenvalue weighted by Crippen LogP contribution is -2.05. The molecule has 2 aromatic rings. The monoisotopic (exact) mass is 262 g/mol. The van der Waals surface area contributed by atoms with Crippen molar-refractivity contribution in [2.45, 2.75) is 5.38 Å². The van der Waals surface area contributed by atoms with Crippen LogP contribution in [0.5, 0.6) is 5.75 Å². The second-order valence-corrected chi connectivity index (χ2v) is 4.29. The van der Waals surface area contributed by atoms with Crippen LogP contribution in [0.4, 0.5) is 0 Å². The Kier molecular flexibility index (Phi) is 3.53. The van der Waals surface area contributed by atoms with Crippen LogP contribution in [0.3, 0.4) is 0 Å². The number of hydrogen-bond donors (Lipinski definition) is 2. The van der Waals surface area contributed by atoms with E-state index in [4.69, 9.17) is 16.7 Å². The summed E-state index contributed by atoms with van der Waals surface area (Å²) in [4.78, 5) is 11.1. The highest BCUT2D eigenvalue weighted by Gasteiger charge is 2.19. The van der Waals surface area contributed by atoms with E-state index in [0.717, 1.165) is 5.56 Å². The van der Waals surface area contributed by atoms with E-state index in [1.54, 1.807) is 0 Å². The van der Waals surface area contributed by atoms with Gasteiger partial charge in [-0.15, -0.1) is 11.6 Å². The zero-order valence-electron chi connectivity index (χ0n) is 9.38. The molecule has 0 amide bonds. The SMILES string of the molecule is O=C(O)c1ccc(O)cc1C(Cl)c1ccccc1. The van der Waals surface area contributed by atoms with E-state index in [1.807, 2.05) is 30.3 Å². The number of carbonyl (C=O) groups is 1. The van der Waals surface area contributed by atoms with E-state index in [9.17, 15) is 9.90 Å². The van der Waals surface area contributed by atoms with Gasteiger partial charge in [0.2, 0.25) is 0 Å². The van der Waals surface area contributed by atoms with Crippen LogP contribution in [-0.4, -0.2) is 16.2 Å². The van der Waals surface area contributed by atoms with Crippen molar-refractivity contribution in [1.82, 2.24) is 0 Å². The normalized spacial score (nSPS) is 12.1. The van der Waals surface area contributed by atoms with Crippen molar-refractivity contribution < 1.29 is 15.0 Å². The smallest absolute Gasteiger partial charge is 0.336 e. The number of aromatic hydroxyl groups is 1. The Morgan fingerprint density at radius 2 is 1.78 bits per heavy atom. The van der Waals surface area contributed by atoms with Crippen LogP contribution in [-0.2, 0) is 0 Å². The second-order valence-electron chi connectivity index (χ2n) is 3.85. The zero-order valence-corrected chi connectivity index (χ0v) is 10.1. The number of hydrogen-bond acceptors (Lipinski definition) is 2. The van der Waals surface area contributed by atoms with Gasteiger partial charge in [0.15, 0.2) is 0 Å². The highest BCUT2D eigenvalue weighted by molar-refractivity contribution is 6.23. The third-order valence-electron chi connectivity index (χ3n) is 2.63. The Balaban J connectivity index is 2.50. The quantitative estimate of drug-likeness (QED) is 0.834. The van der Waals surface area contributed by atoms with Crippen molar-refractivity contribution in [3.63, 3.8) is 0 Å². The van der Waals surface area contributed by atoms with Gasteiger partial charge in [0, 0.05) is 0 Å². The summed E-state index contributed by atoms with van der Waals surface area (Å²) in [5.74, 6) is -1.07. The minimum atomic E-state index is -1.06. The summed E-state index contributed by atoms with van der Waals surface area (Å²) >= 11 is 6.28. The molecule has 0 bridgehead atoms. The molecule has 0 saturated carbocycles. The fourth-order valence-corrected chi connectivity index (χ4v) is 2.08. The molecule has 2 rings (SSSR count). The molecule has 2 aromatic carbocycles. The van der Waals surface area contributed by atoms with E-state index in [1.165, 1.54) is 18.2 Å². The second kappa shape index (κ2) is 5.10. The maximum absolute atomic E-state index is 11.1. The Hall–Kier alpha value is -2.00. The standard InChI is InChI=1S/C14H11ClO3/c15-13(9-4-2-1-3-5-9)12-8-10(16)6-7-11(12)14(17)18/h1-8,13,16H,(H,17,18). The molecule has 0 saturated heterocycles. The zero-order chi connectivity index (χ0) is 13.1. The lowest BCUT2D eigenvalue weighted by molar-refractivity contribution is 0.0696. The molecule has 0 aliphatic rings. The Labute approximate surface area is 109 Å². The summed E-state index contributed by atoms with van der Waals surface area (Å²) in [5.41, 5.74) is 1.26. The number of alkyl halides is 1. The molecule has 1 unspecified atom stereocenters. The molecule has 2 N–H and O–H groups in total. The molecule has 1 atom stereocenters. The van der Waals surface area contributed by atoms with Crippen LogP contribution < -0.4 is 0 Å². The van der Waals surface area contributed by atoms with Crippen molar-refractivity contribution in [3.8, 4) is 5.75 Å². The van der Waals surface area contributed by atoms with Gasteiger partial charge in [0.05, 0.1) is 10.9 Å². The third-order valence-corrected chi connectivity index (χ3v) is 3.12. The molecule has 0 heterocycles. The van der Waals surface area contributed by atoms with Crippen LogP contribution in [0, 0.1) is 0 Å². The van der Waals surface area contributed by atoms with Crippen molar-refractivity contribution in [2.24, 2.45) is 0 Å². The summed E-state index contributed by atoms with van der Waals surface area (Å²) < 4.78 is 0. The molecule has 92 valence electrons. The molecular weight excluding hydrogens is 252 g/mol. The number of carboxylic acids is 1. The molecule has 0 aliphatic carbocycles. The molecule has 0 spiro atoms. The highest BCUT2D eigenvalue weighted by Crippen LogP contribution is 2.33. The number of halogens is 1. The van der Waals surface area contributed by atoms with E-state index in [0.29, 0.717) is 5.56 Å². The van der Waals surface area contributed by atoms with Crippen LogP contribution in [0.1, 0.15) is 26.9 Å². The number of carboxylic acid groups (broad SMARTS) is 1. The average Bonchev–Trinajstić information content (AvgIpc) is 2.38. The number of aromatic carboxylic acids is 1. The number of rotatable bonds is 3. The molecule has 0 aromatic heterocycles. The Bertz CT molecular complexity index is 567. The molecule has 0 radical (unpaired) electrons. The fourth-order valence-electron chi connectivity index (χ4n) is 1.76. The lowest BCUT2D eigenvalue weighted by atomic mass is 9.99. The summed E-state index contributed by atoms with van der Waals surface area (Å²) in [6, 6.07) is 13.2. The van der Waals surface area contributed by atoms with Gasteiger partial charge in [0.1, 0.15) is 5.75 Å². The minimum absolute atomic E-state index is 0.00317. The average molecular weight is 263 g/mol. The molecule has 4 heteroatoms. The molecular formula is C14H11ClO3. The van der Waals surface area contributed by atoms with Crippen LogP contribution in [0.15, 0.2) is 48.5 Å². The topological polar surface area (TPSA) is 57.5 Å². The first-order chi connectivity index (χ1) is 8.59. The van der Waals surface area contributed by atoms with Crippen molar-refractivity contribution in [2.75, 3.05) is 0 Å². The molecule has 0 fully saturated rings. The summed E-state index contributed by atoms with van der Waals surface area (Å²) in [7, 11) is 0. The highest BCUT2D eigenvalue weighted by atomic mass is 35.5. The Morgan fingerprint density at radius 3 is 2.39 bits per heavy atom. The predicted molar refractivity (Wildman–Crippen MR) is 69.2 cm³/mol. The Morgan fingerprint density at radius 1 is 1.11 bits per heavy atom. The summed E-state index contributed by atoms with van der Waals surface area (Å²) in [6.07, 6.45) is 0. The number of phenolic OH excluding ortho intramolecular Hbond substituents is 1. The summed E-state index contributed by atoms with van der Waals surface area (Å²) in [6.45, 7) is 0. The van der Waals surface area contributed by atoms with Gasteiger partial charge >= 0.3 is 5.97 Å². The van der Waals surface area contributed by atoms with Gasteiger partial charge in [-0.25, -0.2) is 4.79 Å². The van der Waals surface area contributed by atoms with Gasteiger partial charge in [-0.1, -0.05) is 30.3 Å². The number of benzene rings is 2.